The van der Waals surface area contributed by atoms with E-state index in [1.54, 1.807) is 0 Å². The fourth-order valence-electron chi connectivity index (χ4n) is 0.919. The van der Waals surface area contributed by atoms with Gasteiger partial charge in [0.2, 0.25) is 0 Å². The number of rotatable bonds is 2. The third-order valence-corrected chi connectivity index (χ3v) is 2.73. The van der Waals surface area contributed by atoms with E-state index in [2.05, 4.69) is 0 Å². The predicted molar refractivity (Wildman–Crippen MR) is 48.7 cm³/mol. The minimum absolute atomic E-state index is 0.0635. The van der Waals surface area contributed by atoms with E-state index in [-0.39, 0.29) is 11.3 Å². The summed E-state index contributed by atoms with van der Waals surface area (Å²) < 4.78 is 10.8. The summed E-state index contributed by atoms with van der Waals surface area (Å²) >= 11 is 0. The lowest BCUT2D eigenvalue weighted by atomic mass is 10.2. The lowest BCUT2D eigenvalue weighted by molar-refractivity contribution is 0.359. The first-order chi connectivity index (χ1) is 6.32. The Kier molecular flexibility index (Phi) is 2.82. The second-order valence-corrected chi connectivity index (χ2v) is 4.52. The van der Waals surface area contributed by atoms with Gasteiger partial charge in [0.25, 0.3) is 0 Å². The average Bonchev–Trinajstić information content (AvgIpc) is 2.07. The molecule has 0 aromatic heterocycles. The summed E-state index contributed by atoms with van der Waals surface area (Å²) in [6.07, 6.45) is 0. The summed E-state index contributed by atoms with van der Waals surface area (Å²) in [5, 5.41) is 18.0. The summed E-state index contributed by atoms with van der Waals surface area (Å²) in [7, 11) is -4.43. The molecule has 0 radical (unpaired) electrons. The average molecular weight is 219 g/mol. The lowest BCUT2D eigenvalue weighted by Gasteiger charge is -2.13. The van der Waals surface area contributed by atoms with Crippen LogP contribution in [0.3, 0.4) is 0 Å². The maximum Gasteiger partial charge on any atom is 0.346 e. The van der Waals surface area contributed by atoms with Crippen LogP contribution < -0.4 is 5.73 Å². The fourth-order valence-corrected chi connectivity index (χ4v) is 1.47. The summed E-state index contributed by atoms with van der Waals surface area (Å²) in [4.78, 5) is 17.5. The van der Waals surface area contributed by atoms with Crippen molar-refractivity contribution >= 4 is 7.60 Å². The van der Waals surface area contributed by atoms with Crippen molar-refractivity contribution in [3.63, 3.8) is 0 Å². The highest BCUT2D eigenvalue weighted by Gasteiger charge is 2.26. The molecule has 0 aliphatic carbocycles. The molecule has 0 saturated carbocycles. The fraction of sp³-hybridized carbons (Fsp3) is 0.143. The van der Waals surface area contributed by atoms with Crippen molar-refractivity contribution in [2.45, 2.75) is 5.78 Å². The van der Waals surface area contributed by atoms with E-state index in [4.69, 9.17) is 25.7 Å². The van der Waals surface area contributed by atoms with Gasteiger partial charge < -0.3 is 25.7 Å². The Morgan fingerprint density at radius 2 is 1.79 bits per heavy atom. The van der Waals surface area contributed by atoms with Gasteiger partial charge in [-0.1, -0.05) is 6.07 Å². The van der Waals surface area contributed by atoms with Gasteiger partial charge in [-0.2, -0.15) is 0 Å². The van der Waals surface area contributed by atoms with Crippen molar-refractivity contribution < 1.29 is 24.6 Å². The summed E-state index contributed by atoms with van der Waals surface area (Å²) in [5.41, 5.74) is 5.30. The van der Waals surface area contributed by atoms with Gasteiger partial charge >= 0.3 is 7.60 Å². The quantitative estimate of drug-likeness (QED) is 0.358. The van der Waals surface area contributed by atoms with Crippen LogP contribution in [0.15, 0.2) is 18.2 Å². The molecule has 1 atom stereocenters. The molecule has 1 aromatic carbocycles. The maximum atomic E-state index is 10.8. The van der Waals surface area contributed by atoms with Crippen LogP contribution >= 0.6 is 7.60 Å². The molecule has 0 amide bonds. The van der Waals surface area contributed by atoms with Crippen LogP contribution in [0.2, 0.25) is 0 Å². The Morgan fingerprint density at radius 1 is 1.21 bits per heavy atom. The van der Waals surface area contributed by atoms with Crippen LogP contribution in [0.25, 0.3) is 0 Å². The topological polar surface area (TPSA) is 124 Å². The monoisotopic (exact) mass is 219 g/mol. The molecule has 0 bridgehead atoms. The highest BCUT2D eigenvalue weighted by atomic mass is 31.2. The standard InChI is InChI=1S/C7H10NO5P/c8-7(14(11,12)13)4-1-2-5(9)6(10)3-4/h1-3,7,9-10H,8H2,(H2,11,12,13)/t7-/m0/s1. The molecule has 0 fully saturated rings. The van der Waals surface area contributed by atoms with Crippen molar-refractivity contribution in [3.8, 4) is 11.5 Å². The van der Waals surface area contributed by atoms with Gasteiger partial charge in [0.1, 0.15) is 5.78 Å². The van der Waals surface area contributed by atoms with E-state index >= 15 is 0 Å². The first-order valence-corrected chi connectivity index (χ1v) is 5.33. The Hall–Kier alpha value is -1.07. The zero-order chi connectivity index (χ0) is 10.9. The Labute approximate surface area is 79.8 Å². The van der Waals surface area contributed by atoms with E-state index in [0.29, 0.717) is 0 Å². The number of phenolic OH excluding ortho intramolecular Hbond substituents is 2. The third kappa shape index (κ3) is 2.24. The third-order valence-electron chi connectivity index (χ3n) is 1.70. The number of hydrogen-bond donors (Lipinski definition) is 5. The van der Waals surface area contributed by atoms with Gasteiger partial charge in [0.05, 0.1) is 0 Å². The minimum atomic E-state index is -4.43. The van der Waals surface area contributed by atoms with Gasteiger partial charge in [-0.3, -0.25) is 4.57 Å². The van der Waals surface area contributed by atoms with Crippen molar-refractivity contribution in [1.29, 1.82) is 0 Å². The highest BCUT2D eigenvalue weighted by molar-refractivity contribution is 7.52. The molecular formula is C7H10NO5P. The predicted octanol–water partition coefficient (Wildman–Crippen LogP) is 0.233. The molecule has 0 unspecified atom stereocenters. The van der Waals surface area contributed by atoms with E-state index in [9.17, 15) is 4.57 Å². The molecule has 0 saturated heterocycles. The maximum absolute atomic E-state index is 10.8. The largest absolute Gasteiger partial charge is 0.504 e. The van der Waals surface area contributed by atoms with Crippen LogP contribution in [0.4, 0.5) is 0 Å². The second-order valence-electron chi connectivity index (χ2n) is 2.78. The van der Waals surface area contributed by atoms with Crippen molar-refractivity contribution in [2.24, 2.45) is 5.73 Å². The van der Waals surface area contributed by atoms with E-state index < -0.39 is 19.1 Å². The summed E-state index contributed by atoms with van der Waals surface area (Å²) in [6.45, 7) is 0. The summed E-state index contributed by atoms with van der Waals surface area (Å²) in [5.74, 6) is -2.33. The zero-order valence-electron chi connectivity index (χ0n) is 7.03. The molecule has 0 aliphatic rings. The molecule has 6 N–H and O–H groups in total. The SMILES string of the molecule is N[C@H](c1ccc(O)c(O)c1)P(=O)(O)O. The molecular weight excluding hydrogens is 209 g/mol. The Balaban J connectivity index is 3.09. The number of hydrogen-bond acceptors (Lipinski definition) is 4. The van der Waals surface area contributed by atoms with Crippen LogP contribution in [-0.4, -0.2) is 20.0 Å². The Morgan fingerprint density at radius 3 is 2.21 bits per heavy atom. The molecule has 0 heterocycles. The molecule has 0 aliphatic heterocycles. The Bertz CT molecular complexity index is 388. The molecule has 78 valence electrons. The molecule has 0 spiro atoms. The molecule has 1 aromatic rings. The normalized spacial score (nSPS) is 13.9. The zero-order valence-corrected chi connectivity index (χ0v) is 7.93. The second kappa shape index (κ2) is 3.59. The van der Waals surface area contributed by atoms with Crippen LogP contribution in [-0.2, 0) is 4.57 Å². The van der Waals surface area contributed by atoms with Crippen LogP contribution in [0.5, 0.6) is 11.5 Å². The lowest BCUT2D eigenvalue weighted by Crippen LogP contribution is -2.10. The summed E-state index contributed by atoms with van der Waals surface area (Å²) in [6, 6.07) is 3.36. The van der Waals surface area contributed by atoms with Gasteiger partial charge in [-0.15, -0.1) is 0 Å². The van der Waals surface area contributed by atoms with E-state index in [1.807, 2.05) is 0 Å². The minimum Gasteiger partial charge on any atom is -0.504 e. The molecule has 1 rings (SSSR count). The number of phenols is 2. The van der Waals surface area contributed by atoms with Crippen LogP contribution in [0, 0.1) is 0 Å². The molecule has 6 nitrogen and oxygen atoms in total. The smallest absolute Gasteiger partial charge is 0.346 e. The molecule has 14 heavy (non-hydrogen) atoms. The first-order valence-electron chi connectivity index (χ1n) is 3.65. The van der Waals surface area contributed by atoms with Gasteiger partial charge in [0.15, 0.2) is 11.5 Å². The van der Waals surface area contributed by atoms with E-state index in [0.717, 1.165) is 12.1 Å². The number of benzene rings is 1. The van der Waals surface area contributed by atoms with E-state index in [1.165, 1.54) is 6.07 Å². The van der Waals surface area contributed by atoms with Crippen molar-refractivity contribution in [2.75, 3.05) is 0 Å². The highest BCUT2D eigenvalue weighted by Crippen LogP contribution is 2.48. The van der Waals surface area contributed by atoms with Crippen molar-refractivity contribution in [1.82, 2.24) is 0 Å². The molecule has 7 heteroatoms. The van der Waals surface area contributed by atoms with Crippen LogP contribution in [0.1, 0.15) is 11.3 Å². The van der Waals surface area contributed by atoms with Gasteiger partial charge in [0, 0.05) is 0 Å². The van der Waals surface area contributed by atoms with Crippen molar-refractivity contribution in [3.05, 3.63) is 23.8 Å². The van der Waals surface area contributed by atoms with Gasteiger partial charge in [-0.25, -0.2) is 0 Å². The van der Waals surface area contributed by atoms with Gasteiger partial charge in [-0.05, 0) is 17.7 Å². The first kappa shape index (κ1) is 11.0. The number of aromatic hydroxyl groups is 2. The number of nitrogens with two attached hydrogens (primary N) is 1.